The lowest BCUT2D eigenvalue weighted by Gasteiger charge is -2.16. The first kappa shape index (κ1) is 16.7. The number of hydrogen-bond donors (Lipinski definition) is 1. The van der Waals surface area contributed by atoms with Crippen LogP contribution in [-0.4, -0.2) is 31.6 Å². The molecule has 0 aliphatic carbocycles. The van der Waals surface area contributed by atoms with Gasteiger partial charge in [-0.15, -0.1) is 0 Å². The standard InChI is InChI=1S/C16H27BrN2/c1-3-18-12-6-4-5-7-13-19(2)14-15-8-10-16(17)11-9-15/h8-11,18H,3-7,12-14H2,1-2H3. The second-order valence-electron chi connectivity index (χ2n) is 5.13. The highest BCUT2D eigenvalue weighted by Gasteiger charge is 2.00. The molecule has 0 aliphatic rings. The monoisotopic (exact) mass is 326 g/mol. The molecule has 0 atom stereocenters. The summed E-state index contributed by atoms with van der Waals surface area (Å²) in [6.07, 6.45) is 5.30. The highest BCUT2D eigenvalue weighted by molar-refractivity contribution is 9.10. The Hall–Kier alpha value is -0.380. The van der Waals surface area contributed by atoms with E-state index >= 15 is 0 Å². The van der Waals surface area contributed by atoms with Gasteiger partial charge >= 0.3 is 0 Å². The van der Waals surface area contributed by atoms with Crippen LogP contribution in [0.2, 0.25) is 0 Å². The second kappa shape index (κ2) is 10.4. The van der Waals surface area contributed by atoms with Gasteiger partial charge in [-0.3, -0.25) is 0 Å². The van der Waals surface area contributed by atoms with Gasteiger partial charge in [0.2, 0.25) is 0 Å². The average molecular weight is 327 g/mol. The summed E-state index contributed by atoms with van der Waals surface area (Å²) < 4.78 is 1.15. The molecule has 0 bridgehead atoms. The number of rotatable bonds is 10. The van der Waals surface area contributed by atoms with Crippen LogP contribution in [0, 0.1) is 0 Å². The lowest BCUT2D eigenvalue weighted by atomic mass is 10.1. The van der Waals surface area contributed by atoms with E-state index in [-0.39, 0.29) is 0 Å². The van der Waals surface area contributed by atoms with Crippen molar-refractivity contribution < 1.29 is 0 Å². The van der Waals surface area contributed by atoms with Crippen LogP contribution in [0.15, 0.2) is 28.7 Å². The Morgan fingerprint density at radius 2 is 1.74 bits per heavy atom. The molecule has 1 rings (SSSR count). The molecule has 0 unspecified atom stereocenters. The molecule has 108 valence electrons. The van der Waals surface area contributed by atoms with E-state index in [1.165, 1.54) is 44.3 Å². The summed E-state index contributed by atoms with van der Waals surface area (Å²) in [5.41, 5.74) is 1.39. The van der Waals surface area contributed by atoms with Gasteiger partial charge in [-0.25, -0.2) is 0 Å². The molecule has 0 saturated carbocycles. The van der Waals surface area contributed by atoms with Crippen molar-refractivity contribution in [3.63, 3.8) is 0 Å². The molecule has 0 spiro atoms. The van der Waals surface area contributed by atoms with Crippen molar-refractivity contribution in [1.29, 1.82) is 0 Å². The Kier molecular flexibility index (Phi) is 9.14. The maximum Gasteiger partial charge on any atom is 0.0230 e. The summed E-state index contributed by atoms with van der Waals surface area (Å²) in [6, 6.07) is 8.61. The Morgan fingerprint density at radius 3 is 2.42 bits per heavy atom. The highest BCUT2D eigenvalue weighted by Crippen LogP contribution is 2.12. The summed E-state index contributed by atoms with van der Waals surface area (Å²) in [6.45, 7) is 6.67. The predicted molar refractivity (Wildman–Crippen MR) is 87.5 cm³/mol. The van der Waals surface area contributed by atoms with Crippen LogP contribution in [0.3, 0.4) is 0 Å². The summed E-state index contributed by atoms with van der Waals surface area (Å²) in [7, 11) is 2.21. The Bertz CT molecular complexity index is 324. The Labute approximate surface area is 126 Å². The molecular weight excluding hydrogens is 300 g/mol. The van der Waals surface area contributed by atoms with E-state index < -0.39 is 0 Å². The van der Waals surface area contributed by atoms with Crippen LogP contribution in [0.4, 0.5) is 0 Å². The summed E-state index contributed by atoms with van der Waals surface area (Å²) >= 11 is 3.47. The molecule has 0 fully saturated rings. The predicted octanol–water partition coefficient (Wildman–Crippen LogP) is 4.05. The summed E-state index contributed by atoms with van der Waals surface area (Å²) in [4.78, 5) is 2.41. The molecule has 1 aromatic rings. The minimum absolute atomic E-state index is 1.05. The molecule has 1 aromatic carbocycles. The van der Waals surface area contributed by atoms with Crippen molar-refractivity contribution in [1.82, 2.24) is 10.2 Å². The molecule has 2 nitrogen and oxygen atoms in total. The van der Waals surface area contributed by atoms with E-state index in [1.807, 2.05) is 0 Å². The van der Waals surface area contributed by atoms with Gasteiger partial charge in [-0.05, 0) is 57.2 Å². The average Bonchev–Trinajstić information content (AvgIpc) is 2.40. The lowest BCUT2D eigenvalue weighted by Crippen LogP contribution is -2.19. The fraction of sp³-hybridized carbons (Fsp3) is 0.625. The third-order valence-corrected chi connectivity index (χ3v) is 3.79. The number of benzene rings is 1. The van der Waals surface area contributed by atoms with Gasteiger partial charge in [0, 0.05) is 11.0 Å². The van der Waals surface area contributed by atoms with Gasteiger partial charge in [0.25, 0.3) is 0 Å². The number of nitrogens with one attached hydrogen (secondary N) is 1. The molecule has 19 heavy (non-hydrogen) atoms. The number of halogens is 1. The molecule has 3 heteroatoms. The van der Waals surface area contributed by atoms with Gasteiger partial charge in [-0.1, -0.05) is 47.8 Å². The summed E-state index contributed by atoms with van der Waals surface area (Å²) in [5.74, 6) is 0. The van der Waals surface area contributed by atoms with E-state index in [0.29, 0.717) is 0 Å². The van der Waals surface area contributed by atoms with E-state index in [0.717, 1.165) is 17.6 Å². The molecule has 0 aromatic heterocycles. The first-order valence-corrected chi connectivity index (χ1v) is 8.15. The molecule has 0 saturated heterocycles. The van der Waals surface area contributed by atoms with Crippen LogP contribution >= 0.6 is 15.9 Å². The largest absolute Gasteiger partial charge is 0.317 e. The quantitative estimate of drug-likeness (QED) is 0.652. The third-order valence-electron chi connectivity index (χ3n) is 3.26. The molecule has 0 radical (unpaired) electrons. The zero-order valence-electron chi connectivity index (χ0n) is 12.3. The first-order chi connectivity index (χ1) is 9.22. The van der Waals surface area contributed by atoms with E-state index in [9.17, 15) is 0 Å². The van der Waals surface area contributed by atoms with Gasteiger partial charge < -0.3 is 10.2 Å². The minimum atomic E-state index is 1.05. The van der Waals surface area contributed by atoms with Crippen molar-refractivity contribution in [2.45, 2.75) is 39.2 Å². The third kappa shape index (κ3) is 8.40. The van der Waals surface area contributed by atoms with Crippen molar-refractivity contribution in [3.05, 3.63) is 34.3 Å². The van der Waals surface area contributed by atoms with Crippen molar-refractivity contribution >= 4 is 15.9 Å². The smallest absolute Gasteiger partial charge is 0.0230 e. The van der Waals surface area contributed by atoms with E-state index in [4.69, 9.17) is 0 Å². The van der Waals surface area contributed by atoms with Crippen LogP contribution < -0.4 is 5.32 Å². The minimum Gasteiger partial charge on any atom is -0.317 e. The van der Waals surface area contributed by atoms with Crippen molar-refractivity contribution in [2.75, 3.05) is 26.7 Å². The molecular formula is C16H27BrN2. The van der Waals surface area contributed by atoms with Gasteiger partial charge in [0.15, 0.2) is 0 Å². The number of nitrogens with zero attached hydrogens (tertiary/aromatic N) is 1. The Balaban J connectivity index is 2.04. The second-order valence-corrected chi connectivity index (χ2v) is 6.05. The number of unbranched alkanes of at least 4 members (excludes halogenated alkanes) is 3. The summed E-state index contributed by atoms with van der Waals surface area (Å²) in [5, 5.41) is 3.37. The van der Waals surface area contributed by atoms with Crippen LogP contribution in [0.1, 0.15) is 38.2 Å². The SMILES string of the molecule is CCNCCCCCCN(C)Cc1ccc(Br)cc1. The topological polar surface area (TPSA) is 15.3 Å². The maximum absolute atomic E-state index is 3.47. The van der Waals surface area contributed by atoms with Gasteiger partial charge in [-0.2, -0.15) is 0 Å². The molecule has 0 aliphatic heterocycles. The van der Waals surface area contributed by atoms with Crippen LogP contribution in [0.5, 0.6) is 0 Å². The van der Waals surface area contributed by atoms with Gasteiger partial charge in [0.05, 0.1) is 0 Å². The van der Waals surface area contributed by atoms with Crippen LogP contribution in [0.25, 0.3) is 0 Å². The first-order valence-electron chi connectivity index (χ1n) is 7.36. The fourth-order valence-corrected chi connectivity index (χ4v) is 2.41. The van der Waals surface area contributed by atoms with Crippen LogP contribution in [-0.2, 0) is 6.54 Å². The lowest BCUT2D eigenvalue weighted by molar-refractivity contribution is 0.316. The number of hydrogen-bond acceptors (Lipinski definition) is 2. The fourth-order valence-electron chi connectivity index (χ4n) is 2.14. The zero-order valence-corrected chi connectivity index (χ0v) is 13.9. The van der Waals surface area contributed by atoms with E-state index in [1.54, 1.807) is 0 Å². The van der Waals surface area contributed by atoms with Crippen molar-refractivity contribution in [2.24, 2.45) is 0 Å². The zero-order chi connectivity index (χ0) is 13.9. The van der Waals surface area contributed by atoms with E-state index in [2.05, 4.69) is 64.4 Å². The molecule has 0 heterocycles. The molecule has 1 N–H and O–H groups in total. The maximum atomic E-state index is 3.47. The Morgan fingerprint density at radius 1 is 1.05 bits per heavy atom. The van der Waals surface area contributed by atoms with Gasteiger partial charge in [0.1, 0.15) is 0 Å². The van der Waals surface area contributed by atoms with Crippen molar-refractivity contribution in [3.8, 4) is 0 Å². The highest BCUT2D eigenvalue weighted by atomic mass is 79.9. The normalized spacial score (nSPS) is 11.2. The molecule has 0 amide bonds.